The minimum Gasteiger partial charge on any atom is -0.325 e. The first-order chi connectivity index (χ1) is 12.5. The summed E-state index contributed by atoms with van der Waals surface area (Å²) in [4.78, 5) is 18.0. The van der Waals surface area contributed by atoms with Crippen LogP contribution < -0.4 is 10.2 Å². The van der Waals surface area contributed by atoms with E-state index < -0.39 is 0 Å². The number of nitrogens with zero attached hydrogens (tertiary/aromatic N) is 1. The van der Waals surface area contributed by atoms with Gasteiger partial charge in [-0.3, -0.25) is 4.79 Å². The summed E-state index contributed by atoms with van der Waals surface area (Å²) in [5.41, 5.74) is 4.04. The molecule has 0 spiro atoms. The van der Waals surface area contributed by atoms with Gasteiger partial charge in [0.05, 0.1) is 7.05 Å². The minimum atomic E-state index is -0.000456. The summed E-state index contributed by atoms with van der Waals surface area (Å²) in [6.45, 7) is 3.11. The Labute approximate surface area is 162 Å². The molecule has 1 atom stereocenters. The molecule has 0 aliphatic carbocycles. The van der Waals surface area contributed by atoms with Crippen LogP contribution in [0.5, 0.6) is 0 Å². The van der Waals surface area contributed by atoms with Crippen LogP contribution in [0.25, 0.3) is 10.6 Å². The van der Waals surface area contributed by atoms with Crippen molar-refractivity contribution in [1.29, 1.82) is 0 Å². The molecule has 134 valence electrons. The lowest BCUT2D eigenvalue weighted by Crippen LogP contribution is -3.08. The van der Waals surface area contributed by atoms with Gasteiger partial charge in [-0.15, -0.1) is 11.3 Å². The number of likely N-dealkylation sites (N-methyl/N-ethyl adjacent to an activating group) is 1. The lowest BCUT2D eigenvalue weighted by molar-refractivity contribution is -0.885. The highest BCUT2D eigenvalue weighted by molar-refractivity contribution is 7.13. The molecule has 0 bridgehead atoms. The summed E-state index contributed by atoms with van der Waals surface area (Å²) in [6.07, 6.45) is 0. The van der Waals surface area contributed by atoms with Crippen LogP contribution in [-0.2, 0) is 11.3 Å². The van der Waals surface area contributed by atoms with Gasteiger partial charge in [0.25, 0.3) is 5.91 Å². The third-order valence-electron chi connectivity index (χ3n) is 3.92. The van der Waals surface area contributed by atoms with E-state index in [4.69, 9.17) is 11.6 Å². The van der Waals surface area contributed by atoms with Gasteiger partial charge in [-0.05, 0) is 31.2 Å². The van der Waals surface area contributed by atoms with Crippen LogP contribution in [0, 0.1) is 6.92 Å². The summed E-state index contributed by atoms with van der Waals surface area (Å²) in [5.74, 6) is -0.000456. The lowest BCUT2D eigenvalue weighted by Gasteiger charge is -2.12. The molecule has 0 aliphatic heterocycles. The van der Waals surface area contributed by atoms with Crippen LogP contribution >= 0.6 is 22.9 Å². The number of hydrogen-bond donors (Lipinski definition) is 2. The van der Waals surface area contributed by atoms with Gasteiger partial charge in [-0.2, -0.15) is 0 Å². The van der Waals surface area contributed by atoms with Crippen molar-refractivity contribution in [2.75, 3.05) is 18.9 Å². The molecule has 3 aromatic rings. The van der Waals surface area contributed by atoms with E-state index in [2.05, 4.69) is 10.3 Å². The molecule has 26 heavy (non-hydrogen) atoms. The molecule has 1 amide bonds. The number of amides is 1. The molecule has 0 radical (unpaired) electrons. The highest BCUT2D eigenvalue weighted by atomic mass is 35.5. The number of aromatic nitrogens is 1. The zero-order valence-corrected chi connectivity index (χ0v) is 16.3. The third kappa shape index (κ3) is 5.14. The standard InChI is InChI=1S/C20H20ClN3OS/c1-14-3-9-17(10-4-14)22-19(25)12-24(2)11-18-13-26-20(23-18)15-5-7-16(21)8-6-15/h3-10,13H,11-12H2,1-2H3,(H,22,25)/p+1. The smallest absolute Gasteiger partial charge is 0.279 e. The first-order valence-electron chi connectivity index (χ1n) is 8.38. The number of quaternary nitrogens is 1. The largest absolute Gasteiger partial charge is 0.325 e. The van der Waals surface area contributed by atoms with E-state index in [-0.39, 0.29) is 5.91 Å². The molecule has 0 saturated heterocycles. The lowest BCUT2D eigenvalue weighted by atomic mass is 10.2. The normalized spacial score (nSPS) is 12.0. The molecule has 6 heteroatoms. The number of halogens is 1. The maximum atomic E-state index is 12.2. The van der Waals surface area contributed by atoms with Crippen molar-refractivity contribution in [2.24, 2.45) is 0 Å². The molecule has 2 aromatic carbocycles. The van der Waals surface area contributed by atoms with E-state index in [1.807, 2.05) is 67.9 Å². The summed E-state index contributed by atoms with van der Waals surface area (Å²) in [6, 6.07) is 15.5. The topological polar surface area (TPSA) is 46.4 Å². The summed E-state index contributed by atoms with van der Waals surface area (Å²) in [5, 5.41) is 6.66. The number of carbonyl (C=O) groups is 1. The predicted molar refractivity (Wildman–Crippen MR) is 108 cm³/mol. The van der Waals surface area contributed by atoms with E-state index in [0.717, 1.165) is 26.9 Å². The average molecular weight is 387 g/mol. The molecule has 1 aromatic heterocycles. The van der Waals surface area contributed by atoms with Crippen LogP contribution in [-0.4, -0.2) is 24.5 Å². The van der Waals surface area contributed by atoms with Gasteiger partial charge in [-0.25, -0.2) is 4.98 Å². The van der Waals surface area contributed by atoms with Crippen molar-refractivity contribution in [2.45, 2.75) is 13.5 Å². The summed E-state index contributed by atoms with van der Waals surface area (Å²) >= 11 is 7.53. The van der Waals surface area contributed by atoms with E-state index in [9.17, 15) is 4.79 Å². The number of benzene rings is 2. The van der Waals surface area contributed by atoms with Gasteiger partial charge in [0.15, 0.2) is 6.54 Å². The van der Waals surface area contributed by atoms with Crippen LogP contribution in [0.2, 0.25) is 5.02 Å². The Bertz CT molecular complexity index is 875. The molecule has 3 rings (SSSR count). The predicted octanol–water partition coefficient (Wildman–Crippen LogP) is 3.43. The van der Waals surface area contributed by atoms with Crippen molar-refractivity contribution in [3.63, 3.8) is 0 Å². The molecule has 2 N–H and O–H groups in total. The number of aryl methyl sites for hydroxylation is 1. The quantitative estimate of drug-likeness (QED) is 0.681. The fourth-order valence-corrected chi connectivity index (χ4v) is 3.55. The van der Waals surface area contributed by atoms with E-state index in [1.165, 1.54) is 5.56 Å². The molecular weight excluding hydrogens is 366 g/mol. The zero-order valence-electron chi connectivity index (χ0n) is 14.8. The van der Waals surface area contributed by atoms with Crippen molar-refractivity contribution in [1.82, 2.24) is 4.98 Å². The second-order valence-electron chi connectivity index (χ2n) is 6.38. The molecule has 0 fully saturated rings. The minimum absolute atomic E-state index is 0.000456. The molecular formula is C20H21ClN3OS+. The maximum absolute atomic E-state index is 12.2. The number of anilines is 1. The van der Waals surface area contributed by atoms with Gasteiger partial charge in [0, 0.05) is 21.7 Å². The van der Waals surface area contributed by atoms with Gasteiger partial charge in [0.2, 0.25) is 0 Å². The van der Waals surface area contributed by atoms with Gasteiger partial charge in [-0.1, -0.05) is 41.4 Å². The number of nitrogens with one attached hydrogen (secondary N) is 2. The highest BCUT2D eigenvalue weighted by Crippen LogP contribution is 2.24. The Morgan fingerprint density at radius 2 is 1.85 bits per heavy atom. The fourth-order valence-electron chi connectivity index (χ4n) is 2.60. The van der Waals surface area contributed by atoms with Crippen LogP contribution in [0.1, 0.15) is 11.3 Å². The second kappa shape index (κ2) is 8.45. The SMILES string of the molecule is Cc1ccc(NC(=O)C[NH+](C)Cc2csc(-c3ccc(Cl)cc3)n2)cc1. The Morgan fingerprint density at radius 3 is 2.54 bits per heavy atom. The number of thiazole rings is 1. The van der Waals surface area contributed by atoms with Crippen molar-refractivity contribution in [3.05, 3.63) is 70.2 Å². The van der Waals surface area contributed by atoms with Crippen molar-refractivity contribution in [3.8, 4) is 10.6 Å². The van der Waals surface area contributed by atoms with Gasteiger partial charge < -0.3 is 10.2 Å². The number of carbonyl (C=O) groups excluding carboxylic acids is 1. The highest BCUT2D eigenvalue weighted by Gasteiger charge is 2.13. The van der Waals surface area contributed by atoms with Crippen molar-refractivity contribution >= 4 is 34.5 Å². The van der Waals surface area contributed by atoms with E-state index in [0.29, 0.717) is 18.1 Å². The number of rotatable bonds is 6. The van der Waals surface area contributed by atoms with E-state index >= 15 is 0 Å². The molecule has 0 saturated carbocycles. The van der Waals surface area contributed by atoms with Crippen LogP contribution in [0.3, 0.4) is 0 Å². The second-order valence-corrected chi connectivity index (χ2v) is 7.67. The monoisotopic (exact) mass is 386 g/mol. The third-order valence-corrected chi connectivity index (χ3v) is 5.12. The Hall–Kier alpha value is -2.21. The van der Waals surface area contributed by atoms with Crippen molar-refractivity contribution < 1.29 is 9.69 Å². The molecule has 4 nitrogen and oxygen atoms in total. The first kappa shape index (κ1) is 18.6. The Kier molecular flexibility index (Phi) is 6.04. The zero-order chi connectivity index (χ0) is 18.5. The molecule has 1 heterocycles. The van der Waals surface area contributed by atoms with E-state index in [1.54, 1.807) is 11.3 Å². The first-order valence-corrected chi connectivity index (χ1v) is 9.63. The fraction of sp³-hybridized carbons (Fsp3) is 0.200. The maximum Gasteiger partial charge on any atom is 0.279 e. The number of hydrogen-bond acceptors (Lipinski definition) is 3. The summed E-state index contributed by atoms with van der Waals surface area (Å²) < 4.78 is 0. The van der Waals surface area contributed by atoms with Crippen LogP contribution in [0.4, 0.5) is 5.69 Å². The Balaban J connectivity index is 1.54. The van der Waals surface area contributed by atoms with Gasteiger partial charge in [0.1, 0.15) is 17.2 Å². The molecule has 0 aliphatic rings. The van der Waals surface area contributed by atoms with Gasteiger partial charge >= 0.3 is 0 Å². The summed E-state index contributed by atoms with van der Waals surface area (Å²) in [7, 11) is 2.00. The average Bonchev–Trinajstić information content (AvgIpc) is 3.05. The Morgan fingerprint density at radius 1 is 1.15 bits per heavy atom. The van der Waals surface area contributed by atoms with Crippen LogP contribution in [0.15, 0.2) is 53.9 Å². The molecule has 1 unspecified atom stereocenters.